The van der Waals surface area contributed by atoms with Crippen LogP contribution in [0, 0.1) is 17.8 Å². The smallest absolute Gasteiger partial charge is 0.309 e. The molecule has 2 rings (SSSR count). The second-order valence-electron chi connectivity index (χ2n) is 7.48. The molecule has 1 heterocycles. The minimum Gasteiger partial charge on any atom is -0.462 e. The Morgan fingerprint density at radius 1 is 0.905 bits per heavy atom. The van der Waals surface area contributed by atoms with Crippen LogP contribution >= 0.6 is 0 Å². The van der Waals surface area contributed by atoms with Gasteiger partial charge in [-0.1, -0.05) is 58.3 Å². The maximum Gasteiger partial charge on any atom is 0.309 e. The van der Waals surface area contributed by atoms with E-state index in [2.05, 4.69) is 6.92 Å². The lowest BCUT2D eigenvalue weighted by Crippen LogP contribution is -2.29. The van der Waals surface area contributed by atoms with Crippen molar-refractivity contribution in [2.75, 3.05) is 0 Å². The molecular weight excluding hydrogens is 260 g/mol. The zero-order chi connectivity index (χ0) is 15.1. The zero-order valence-electron chi connectivity index (χ0n) is 14.1. The van der Waals surface area contributed by atoms with Gasteiger partial charge in [0.2, 0.25) is 0 Å². The van der Waals surface area contributed by atoms with E-state index in [0.29, 0.717) is 0 Å². The van der Waals surface area contributed by atoms with Crippen LogP contribution in [0.3, 0.4) is 0 Å². The Labute approximate surface area is 131 Å². The van der Waals surface area contributed by atoms with Gasteiger partial charge in [-0.05, 0) is 44.4 Å². The largest absolute Gasteiger partial charge is 0.462 e. The minimum absolute atomic E-state index is 0.0713. The molecule has 21 heavy (non-hydrogen) atoms. The quantitative estimate of drug-likeness (QED) is 0.458. The molecule has 1 aliphatic heterocycles. The van der Waals surface area contributed by atoms with Gasteiger partial charge >= 0.3 is 5.97 Å². The number of cyclic esters (lactones) is 1. The lowest BCUT2D eigenvalue weighted by molar-refractivity contribution is -0.159. The van der Waals surface area contributed by atoms with Crippen molar-refractivity contribution in [3.05, 3.63) is 0 Å². The Morgan fingerprint density at radius 2 is 1.57 bits per heavy atom. The van der Waals surface area contributed by atoms with Gasteiger partial charge in [0.15, 0.2) is 0 Å². The highest BCUT2D eigenvalue weighted by molar-refractivity contribution is 5.73. The van der Waals surface area contributed by atoms with E-state index < -0.39 is 0 Å². The highest BCUT2D eigenvalue weighted by atomic mass is 16.5. The van der Waals surface area contributed by atoms with Crippen molar-refractivity contribution in [2.45, 2.75) is 97.0 Å². The predicted molar refractivity (Wildman–Crippen MR) is 87.1 cm³/mol. The van der Waals surface area contributed by atoms with Gasteiger partial charge in [-0.2, -0.15) is 0 Å². The normalized spacial score (nSPS) is 33.7. The lowest BCUT2D eigenvalue weighted by Gasteiger charge is -2.30. The van der Waals surface area contributed by atoms with Crippen LogP contribution in [-0.4, -0.2) is 12.1 Å². The standard InChI is InChI=1S/C19H34O2/c1-3-4-5-6-16-8-10-17(11-9-16)12-14-18-13-7-15(2)21-19(18)20/h15-18H,3-14H2,1-2H3. The van der Waals surface area contributed by atoms with Crippen molar-refractivity contribution in [3.63, 3.8) is 0 Å². The number of unbranched alkanes of at least 4 members (excludes halogenated alkanes) is 2. The third kappa shape index (κ3) is 5.64. The van der Waals surface area contributed by atoms with Gasteiger partial charge in [-0.15, -0.1) is 0 Å². The van der Waals surface area contributed by atoms with Crippen LogP contribution in [0.15, 0.2) is 0 Å². The summed E-state index contributed by atoms with van der Waals surface area (Å²) in [5, 5.41) is 0. The molecule has 2 unspecified atom stereocenters. The summed E-state index contributed by atoms with van der Waals surface area (Å²) < 4.78 is 5.37. The molecule has 1 saturated heterocycles. The lowest BCUT2D eigenvalue weighted by atomic mass is 9.77. The van der Waals surface area contributed by atoms with Crippen LogP contribution in [0.4, 0.5) is 0 Å². The van der Waals surface area contributed by atoms with Crippen LogP contribution in [-0.2, 0) is 9.53 Å². The second-order valence-corrected chi connectivity index (χ2v) is 7.48. The van der Waals surface area contributed by atoms with E-state index >= 15 is 0 Å². The van der Waals surface area contributed by atoms with Crippen molar-refractivity contribution in [3.8, 4) is 0 Å². The molecule has 0 aromatic carbocycles. The molecule has 2 heteroatoms. The Balaban J connectivity index is 1.59. The summed E-state index contributed by atoms with van der Waals surface area (Å²) in [6.07, 6.45) is 15.8. The molecule has 0 bridgehead atoms. The number of hydrogen-bond donors (Lipinski definition) is 0. The zero-order valence-corrected chi connectivity index (χ0v) is 14.1. The molecule has 122 valence electrons. The van der Waals surface area contributed by atoms with Crippen molar-refractivity contribution in [1.29, 1.82) is 0 Å². The molecule has 2 atom stereocenters. The summed E-state index contributed by atoms with van der Waals surface area (Å²) in [7, 11) is 0. The molecule has 1 aliphatic carbocycles. The Kier molecular flexibility index (Phi) is 7.06. The SMILES string of the molecule is CCCCCC1CCC(CCC2CCC(C)OC2=O)CC1. The maximum atomic E-state index is 11.9. The van der Waals surface area contributed by atoms with Gasteiger partial charge in [0.05, 0.1) is 12.0 Å². The van der Waals surface area contributed by atoms with Crippen LogP contribution in [0.25, 0.3) is 0 Å². The van der Waals surface area contributed by atoms with Crippen LogP contribution < -0.4 is 0 Å². The van der Waals surface area contributed by atoms with Crippen molar-refractivity contribution >= 4 is 5.97 Å². The van der Waals surface area contributed by atoms with Crippen LogP contribution in [0.5, 0.6) is 0 Å². The van der Waals surface area contributed by atoms with Crippen LogP contribution in [0.2, 0.25) is 0 Å². The molecule has 0 aromatic rings. The number of esters is 1. The Bertz CT molecular complexity index is 305. The molecule has 2 aliphatic rings. The molecule has 0 spiro atoms. The average Bonchev–Trinajstić information content (AvgIpc) is 2.48. The summed E-state index contributed by atoms with van der Waals surface area (Å²) >= 11 is 0. The summed E-state index contributed by atoms with van der Waals surface area (Å²) in [5.74, 6) is 2.14. The van der Waals surface area contributed by atoms with E-state index in [4.69, 9.17) is 4.74 Å². The van der Waals surface area contributed by atoms with E-state index in [9.17, 15) is 4.79 Å². The summed E-state index contributed by atoms with van der Waals surface area (Å²) in [6.45, 7) is 4.29. The van der Waals surface area contributed by atoms with Crippen molar-refractivity contribution in [1.82, 2.24) is 0 Å². The first-order valence-electron chi connectivity index (χ1n) is 9.39. The molecule has 0 N–H and O–H groups in total. The highest BCUT2D eigenvalue weighted by Gasteiger charge is 2.29. The first kappa shape index (κ1) is 16.8. The van der Waals surface area contributed by atoms with E-state index in [-0.39, 0.29) is 18.0 Å². The Hall–Kier alpha value is -0.530. The number of hydrogen-bond acceptors (Lipinski definition) is 2. The third-order valence-electron chi connectivity index (χ3n) is 5.68. The van der Waals surface area contributed by atoms with Gasteiger partial charge in [-0.3, -0.25) is 4.79 Å². The van der Waals surface area contributed by atoms with Gasteiger partial charge in [0.25, 0.3) is 0 Å². The molecule has 2 fully saturated rings. The first-order valence-corrected chi connectivity index (χ1v) is 9.39. The maximum absolute atomic E-state index is 11.9. The molecule has 1 saturated carbocycles. The average molecular weight is 294 g/mol. The van der Waals surface area contributed by atoms with Gasteiger partial charge in [0.1, 0.15) is 0 Å². The van der Waals surface area contributed by atoms with Crippen LogP contribution in [0.1, 0.15) is 90.9 Å². The molecular formula is C19H34O2. The van der Waals surface area contributed by atoms with Crippen molar-refractivity contribution < 1.29 is 9.53 Å². The van der Waals surface area contributed by atoms with Gasteiger partial charge in [0, 0.05) is 0 Å². The first-order chi connectivity index (χ1) is 10.2. The topological polar surface area (TPSA) is 26.3 Å². The van der Waals surface area contributed by atoms with Gasteiger partial charge < -0.3 is 4.74 Å². The molecule has 0 amide bonds. The number of carbonyl (C=O) groups is 1. The van der Waals surface area contributed by atoms with Gasteiger partial charge in [-0.25, -0.2) is 0 Å². The number of rotatable bonds is 7. The Morgan fingerprint density at radius 3 is 2.19 bits per heavy atom. The predicted octanol–water partition coefficient (Wildman–Crippen LogP) is 5.50. The van der Waals surface area contributed by atoms with E-state index in [1.165, 1.54) is 57.8 Å². The van der Waals surface area contributed by atoms with E-state index in [0.717, 1.165) is 31.1 Å². The van der Waals surface area contributed by atoms with Crippen molar-refractivity contribution in [2.24, 2.45) is 17.8 Å². The summed E-state index contributed by atoms with van der Waals surface area (Å²) in [6, 6.07) is 0. The fourth-order valence-corrected chi connectivity index (χ4v) is 4.10. The van der Waals surface area contributed by atoms with E-state index in [1.54, 1.807) is 0 Å². The third-order valence-corrected chi connectivity index (χ3v) is 5.68. The molecule has 2 nitrogen and oxygen atoms in total. The highest BCUT2D eigenvalue weighted by Crippen LogP contribution is 2.36. The molecule has 0 radical (unpaired) electrons. The number of ether oxygens (including phenoxy) is 1. The second kappa shape index (κ2) is 8.80. The van der Waals surface area contributed by atoms with E-state index in [1.807, 2.05) is 6.92 Å². The minimum atomic E-state index is 0.0713. The fraction of sp³-hybridized carbons (Fsp3) is 0.947. The fourth-order valence-electron chi connectivity index (χ4n) is 4.10. The molecule has 0 aromatic heterocycles. The summed E-state index contributed by atoms with van der Waals surface area (Å²) in [5.41, 5.74) is 0. The number of carbonyl (C=O) groups excluding carboxylic acids is 1. The summed E-state index contributed by atoms with van der Waals surface area (Å²) in [4.78, 5) is 11.9. The monoisotopic (exact) mass is 294 g/mol.